The van der Waals surface area contributed by atoms with Crippen molar-refractivity contribution in [2.45, 2.75) is 77.2 Å². The maximum atomic E-state index is 10.2. The van der Waals surface area contributed by atoms with Crippen molar-refractivity contribution < 1.29 is 24.5 Å². The van der Waals surface area contributed by atoms with Crippen molar-refractivity contribution in [1.82, 2.24) is 0 Å². The van der Waals surface area contributed by atoms with Crippen LogP contribution in [0.2, 0.25) is 0 Å². The molecule has 0 heterocycles. The smallest absolute Gasteiger partial charge is 0.329 e. The van der Waals surface area contributed by atoms with Crippen LogP contribution >= 0.6 is 0 Å². The Hall–Kier alpha value is -0.650. The molecular weight excluding hydrogens is 284 g/mol. The standard InChI is InChI=1S/C17H34O5/c1-2-3-4-5-6-7-8-9-10-11-12-21-13-16(18)14-22-15-17(19)20/h16,18H,2-15H2,1H3,(H,19,20). The van der Waals surface area contributed by atoms with E-state index in [1.54, 1.807) is 0 Å². The molecule has 0 aromatic heterocycles. The minimum Gasteiger partial charge on any atom is -0.480 e. The van der Waals surface area contributed by atoms with Crippen LogP contribution in [0, 0.1) is 0 Å². The summed E-state index contributed by atoms with van der Waals surface area (Å²) in [6.07, 6.45) is 12.1. The first kappa shape index (κ1) is 21.4. The number of unbranched alkanes of at least 4 members (excludes halogenated alkanes) is 9. The number of aliphatic hydroxyl groups is 1. The highest BCUT2D eigenvalue weighted by Crippen LogP contribution is 2.10. The molecule has 1 unspecified atom stereocenters. The van der Waals surface area contributed by atoms with E-state index in [1.165, 1.54) is 57.8 Å². The second kappa shape index (κ2) is 16.7. The van der Waals surface area contributed by atoms with Crippen molar-refractivity contribution in [3.8, 4) is 0 Å². The van der Waals surface area contributed by atoms with Gasteiger partial charge in [-0.15, -0.1) is 0 Å². The molecule has 0 rings (SSSR count). The van der Waals surface area contributed by atoms with Gasteiger partial charge in [0.25, 0.3) is 0 Å². The zero-order valence-corrected chi connectivity index (χ0v) is 14.1. The van der Waals surface area contributed by atoms with E-state index in [0.29, 0.717) is 6.61 Å². The Kier molecular flexibility index (Phi) is 16.2. The van der Waals surface area contributed by atoms with Crippen LogP contribution in [0.15, 0.2) is 0 Å². The molecule has 0 bridgehead atoms. The quantitative estimate of drug-likeness (QED) is 0.402. The van der Waals surface area contributed by atoms with Crippen molar-refractivity contribution in [3.05, 3.63) is 0 Å². The first-order valence-corrected chi connectivity index (χ1v) is 8.72. The van der Waals surface area contributed by atoms with E-state index < -0.39 is 12.1 Å². The van der Waals surface area contributed by atoms with Crippen LogP contribution in [-0.4, -0.2) is 48.7 Å². The number of aliphatic hydroxyl groups excluding tert-OH is 1. The predicted molar refractivity (Wildman–Crippen MR) is 87.1 cm³/mol. The van der Waals surface area contributed by atoms with Crippen LogP contribution in [0.25, 0.3) is 0 Å². The van der Waals surface area contributed by atoms with Gasteiger partial charge in [0.2, 0.25) is 0 Å². The summed E-state index contributed by atoms with van der Waals surface area (Å²) in [6.45, 7) is 2.72. The monoisotopic (exact) mass is 318 g/mol. The summed E-state index contributed by atoms with van der Waals surface area (Å²) in [5, 5.41) is 17.9. The highest BCUT2D eigenvalue weighted by molar-refractivity contribution is 5.67. The normalized spacial score (nSPS) is 12.5. The molecule has 5 nitrogen and oxygen atoms in total. The lowest BCUT2D eigenvalue weighted by Crippen LogP contribution is -2.23. The number of aliphatic carboxylic acids is 1. The Balaban J connectivity index is 3.11. The zero-order chi connectivity index (χ0) is 16.5. The van der Waals surface area contributed by atoms with Crippen molar-refractivity contribution >= 4 is 5.97 Å². The van der Waals surface area contributed by atoms with Crippen LogP contribution in [0.3, 0.4) is 0 Å². The largest absolute Gasteiger partial charge is 0.480 e. The van der Waals surface area contributed by atoms with Crippen molar-refractivity contribution in [2.24, 2.45) is 0 Å². The van der Waals surface area contributed by atoms with Gasteiger partial charge in [0.15, 0.2) is 0 Å². The second-order valence-electron chi connectivity index (χ2n) is 5.82. The average Bonchev–Trinajstić information content (AvgIpc) is 2.48. The number of rotatable bonds is 17. The Morgan fingerprint density at radius 1 is 0.864 bits per heavy atom. The van der Waals surface area contributed by atoms with Gasteiger partial charge in [-0.2, -0.15) is 0 Å². The molecule has 1 atom stereocenters. The van der Waals surface area contributed by atoms with E-state index in [2.05, 4.69) is 6.92 Å². The van der Waals surface area contributed by atoms with Gasteiger partial charge in [-0.3, -0.25) is 0 Å². The Morgan fingerprint density at radius 2 is 1.36 bits per heavy atom. The molecule has 0 radical (unpaired) electrons. The van der Waals surface area contributed by atoms with Crippen molar-refractivity contribution in [1.29, 1.82) is 0 Å². The minimum atomic E-state index is -1.03. The summed E-state index contributed by atoms with van der Waals surface area (Å²) in [5.74, 6) is -1.03. The van der Waals surface area contributed by atoms with Crippen LogP contribution in [0.4, 0.5) is 0 Å². The summed E-state index contributed by atoms with van der Waals surface area (Å²) >= 11 is 0. The number of carboxylic acids is 1. The molecule has 0 aromatic carbocycles. The van der Waals surface area contributed by atoms with E-state index in [1.807, 2.05) is 0 Å². The van der Waals surface area contributed by atoms with Crippen LogP contribution in [0.5, 0.6) is 0 Å². The lowest BCUT2D eigenvalue weighted by Gasteiger charge is -2.10. The minimum absolute atomic E-state index is 0.00430. The third kappa shape index (κ3) is 17.4. The Morgan fingerprint density at radius 3 is 1.91 bits per heavy atom. The van der Waals surface area contributed by atoms with Crippen molar-refractivity contribution in [3.63, 3.8) is 0 Å². The van der Waals surface area contributed by atoms with Crippen LogP contribution < -0.4 is 0 Å². The predicted octanol–water partition coefficient (Wildman–Crippen LogP) is 3.39. The highest BCUT2D eigenvalue weighted by Gasteiger charge is 2.05. The first-order valence-electron chi connectivity index (χ1n) is 8.72. The molecule has 22 heavy (non-hydrogen) atoms. The summed E-state index contributed by atoms with van der Waals surface area (Å²) in [5.41, 5.74) is 0. The fourth-order valence-corrected chi connectivity index (χ4v) is 2.24. The molecule has 0 aliphatic heterocycles. The van der Waals surface area contributed by atoms with E-state index in [4.69, 9.17) is 14.6 Å². The topological polar surface area (TPSA) is 76.0 Å². The average molecular weight is 318 g/mol. The second-order valence-corrected chi connectivity index (χ2v) is 5.82. The third-order valence-electron chi connectivity index (χ3n) is 3.49. The molecule has 0 spiro atoms. The van der Waals surface area contributed by atoms with E-state index in [0.717, 1.165) is 6.42 Å². The maximum absolute atomic E-state index is 10.2. The van der Waals surface area contributed by atoms with Gasteiger partial charge < -0.3 is 19.7 Å². The summed E-state index contributed by atoms with van der Waals surface area (Å²) in [6, 6.07) is 0. The van der Waals surface area contributed by atoms with Gasteiger partial charge in [0.05, 0.1) is 13.2 Å². The van der Waals surface area contributed by atoms with E-state index in [-0.39, 0.29) is 19.8 Å². The molecule has 0 aliphatic rings. The Bertz CT molecular complexity index is 245. The van der Waals surface area contributed by atoms with Gasteiger partial charge in [-0.05, 0) is 6.42 Å². The molecule has 0 aliphatic carbocycles. The lowest BCUT2D eigenvalue weighted by molar-refractivity contribution is -0.143. The third-order valence-corrected chi connectivity index (χ3v) is 3.49. The molecule has 0 fully saturated rings. The first-order chi connectivity index (χ1) is 10.7. The zero-order valence-electron chi connectivity index (χ0n) is 14.1. The molecule has 5 heteroatoms. The van der Waals surface area contributed by atoms with Gasteiger partial charge in [0.1, 0.15) is 12.7 Å². The summed E-state index contributed by atoms with van der Waals surface area (Å²) in [7, 11) is 0. The highest BCUT2D eigenvalue weighted by atomic mass is 16.5. The molecule has 0 aromatic rings. The number of hydrogen-bond donors (Lipinski definition) is 2. The molecule has 132 valence electrons. The van der Waals surface area contributed by atoms with E-state index in [9.17, 15) is 9.90 Å². The molecule has 0 amide bonds. The van der Waals surface area contributed by atoms with Crippen LogP contribution in [0.1, 0.15) is 71.1 Å². The SMILES string of the molecule is CCCCCCCCCCCCOCC(O)COCC(=O)O. The summed E-state index contributed by atoms with van der Waals surface area (Å²) in [4.78, 5) is 10.2. The van der Waals surface area contributed by atoms with E-state index >= 15 is 0 Å². The van der Waals surface area contributed by atoms with Gasteiger partial charge in [-0.1, -0.05) is 64.7 Å². The number of hydrogen-bond acceptors (Lipinski definition) is 4. The molecule has 0 saturated heterocycles. The number of carboxylic acid groups (broad SMARTS) is 1. The van der Waals surface area contributed by atoms with Crippen molar-refractivity contribution in [2.75, 3.05) is 26.4 Å². The Labute approximate surface area is 135 Å². The molecular formula is C17H34O5. The molecule has 0 saturated carbocycles. The summed E-state index contributed by atoms with van der Waals surface area (Å²) < 4.78 is 10.1. The lowest BCUT2D eigenvalue weighted by atomic mass is 10.1. The van der Waals surface area contributed by atoms with Gasteiger partial charge >= 0.3 is 5.97 Å². The fourth-order valence-electron chi connectivity index (χ4n) is 2.24. The number of carbonyl (C=O) groups is 1. The van der Waals surface area contributed by atoms with Gasteiger partial charge in [-0.25, -0.2) is 4.79 Å². The maximum Gasteiger partial charge on any atom is 0.329 e. The van der Waals surface area contributed by atoms with Gasteiger partial charge in [0, 0.05) is 6.61 Å². The fraction of sp³-hybridized carbons (Fsp3) is 0.941. The van der Waals surface area contributed by atoms with Crippen LogP contribution in [-0.2, 0) is 14.3 Å². The number of ether oxygens (including phenoxy) is 2. The molecule has 2 N–H and O–H groups in total.